The normalized spacial score (nSPS) is 11.9. The highest BCUT2D eigenvalue weighted by Crippen LogP contribution is 2.18. The van der Waals surface area contributed by atoms with Crippen molar-refractivity contribution < 1.29 is 19.0 Å². The molecule has 0 saturated heterocycles. The molecule has 0 heterocycles. The third-order valence-electron chi connectivity index (χ3n) is 1.85. The predicted octanol–water partition coefficient (Wildman–Crippen LogP) is 1.08. The Labute approximate surface area is 92.8 Å². The first-order valence-electron chi connectivity index (χ1n) is 4.67. The summed E-state index contributed by atoms with van der Waals surface area (Å²) < 4.78 is 23.0. The average Bonchev–Trinajstić information content (AvgIpc) is 2.27. The van der Waals surface area contributed by atoms with Crippen molar-refractivity contribution in [3.8, 4) is 11.8 Å². The smallest absolute Gasteiger partial charge is 0.166 e. The third kappa shape index (κ3) is 3.50. The van der Waals surface area contributed by atoms with Gasteiger partial charge in [-0.25, -0.2) is 4.39 Å². The average molecular weight is 225 g/mol. The van der Waals surface area contributed by atoms with Crippen molar-refractivity contribution in [2.45, 2.75) is 6.10 Å². The van der Waals surface area contributed by atoms with Gasteiger partial charge in [0.1, 0.15) is 12.7 Å². The highest BCUT2D eigenvalue weighted by Gasteiger charge is 2.08. The van der Waals surface area contributed by atoms with E-state index < -0.39 is 11.9 Å². The second kappa shape index (κ2) is 6.05. The van der Waals surface area contributed by atoms with E-state index >= 15 is 0 Å². The standard InChI is InChI=1S/C11H12FNO3/c1-15-6-9(14)7-16-11-3-2-8(5-13)4-10(11)12/h2-4,9,14H,6-7H2,1H3/t9-/m0/s1. The van der Waals surface area contributed by atoms with Crippen LogP contribution in [0.3, 0.4) is 0 Å². The van der Waals surface area contributed by atoms with E-state index in [9.17, 15) is 9.50 Å². The van der Waals surface area contributed by atoms with E-state index in [0.717, 1.165) is 6.07 Å². The fraction of sp³-hybridized carbons (Fsp3) is 0.364. The van der Waals surface area contributed by atoms with Crippen LogP contribution in [0.2, 0.25) is 0 Å². The zero-order valence-electron chi connectivity index (χ0n) is 8.81. The molecule has 4 nitrogen and oxygen atoms in total. The van der Waals surface area contributed by atoms with Crippen LogP contribution in [0.15, 0.2) is 18.2 Å². The topological polar surface area (TPSA) is 62.5 Å². The van der Waals surface area contributed by atoms with Crippen LogP contribution in [0.1, 0.15) is 5.56 Å². The number of aliphatic hydroxyl groups is 1. The number of hydrogen-bond acceptors (Lipinski definition) is 4. The summed E-state index contributed by atoms with van der Waals surface area (Å²) in [6.45, 7) is 0.0640. The first-order valence-corrected chi connectivity index (χ1v) is 4.67. The fourth-order valence-corrected chi connectivity index (χ4v) is 1.11. The second-order valence-corrected chi connectivity index (χ2v) is 3.18. The quantitative estimate of drug-likeness (QED) is 0.814. The summed E-state index contributed by atoms with van der Waals surface area (Å²) in [5, 5.41) is 17.8. The van der Waals surface area contributed by atoms with Gasteiger partial charge >= 0.3 is 0 Å². The summed E-state index contributed by atoms with van der Waals surface area (Å²) in [5.41, 5.74) is 0.224. The van der Waals surface area contributed by atoms with Gasteiger partial charge in [-0.2, -0.15) is 5.26 Å². The molecule has 0 fully saturated rings. The van der Waals surface area contributed by atoms with Gasteiger partial charge in [-0.05, 0) is 18.2 Å². The number of aliphatic hydroxyl groups excluding tert-OH is 1. The molecule has 0 aliphatic carbocycles. The molecular weight excluding hydrogens is 213 g/mol. The van der Waals surface area contributed by atoms with Crippen molar-refractivity contribution in [2.75, 3.05) is 20.3 Å². The minimum Gasteiger partial charge on any atom is -0.488 e. The Hall–Kier alpha value is -1.64. The maximum absolute atomic E-state index is 13.3. The summed E-state index contributed by atoms with van der Waals surface area (Å²) in [5.74, 6) is -0.613. The van der Waals surface area contributed by atoms with Gasteiger partial charge in [0.2, 0.25) is 0 Å². The van der Waals surface area contributed by atoms with Crippen LogP contribution in [-0.2, 0) is 4.74 Å². The molecular formula is C11H12FNO3. The van der Waals surface area contributed by atoms with Gasteiger partial charge < -0.3 is 14.6 Å². The Morgan fingerprint density at radius 2 is 2.25 bits per heavy atom. The molecule has 0 spiro atoms. The summed E-state index contributed by atoms with van der Waals surface area (Å²) >= 11 is 0. The molecule has 0 aliphatic heterocycles. The van der Waals surface area contributed by atoms with Crippen LogP contribution in [0, 0.1) is 17.1 Å². The zero-order chi connectivity index (χ0) is 12.0. The minimum atomic E-state index is -0.806. The summed E-state index contributed by atoms with van der Waals surface area (Å²) in [4.78, 5) is 0. The van der Waals surface area contributed by atoms with Crippen molar-refractivity contribution in [3.05, 3.63) is 29.6 Å². The van der Waals surface area contributed by atoms with E-state index in [0.29, 0.717) is 0 Å². The first kappa shape index (κ1) is 12.4. The number of halogens is 1. The third-order valence-corrected chi connectivity index (χ3v) is 1.85. The molecule has 5 heteroatoms. The largest absolute Gasteiger partial charge is 0.488 e. The monoisotopic (exact) mass is 225 g/mol. The Kier molecular flexibility index (Phi) is 4.70. The van der Waals surface area contributed by atoms with Crippen LogP contribution in [0.4, 0.5) is 4.39 Å². The van der Waals surface area contributed by atoms with E-state index in [2.05, 4.69) is 0 Å². The van der Waals surface area contributed by atoms with Crippen molar-refractivity contribution in [2.24, 2.45) is 0 Å². The molecule has 0 unspecified atom stereocenters. The maximum atomic E-state index is 13.3. The summed E-state index contributed by atoms with van der Waals surface area (Å²) in [6, 6.07) is 5.70. The molecule has 0 bridgehead atoms. The summed E-state index contributed by atoms with van der Waals surface area (Å²) in [6.07, 6.45) is -0.806. The number of ether oxygens (including phenoxy) is 2. The SMILES string of the molecule is COC[C@H](O)COc1ccc(C#N)cc1F. The predicted molar refractivity (Wildman–Crippen MR) is 54.5 cm³/mol. The minimum absolute atomic E-state index is 0.00848. The van der Waals surface area contributed by atoms with Crippen LogP contribution in [0.25, 0.3) is 0 Å². The molecule has 0 radical (unpaired) electrons. The lowest BCUT2D eigenvalue weighted by Gasteiger charge is -2.11. The number of hydrogen-bond donors (Lipinski definition) is 1. The van der Waals surface area contributed by atoms with E-state index in [1.165, 1.54) is 19.2 Å². The van der Waals surface area contributed by atoms with Crippen LogP contribution < -0.4 is 4.74 Å². The van der Waals surface area contributed by atoms with E-state index in [4.69, 9.17) is 14.7 Å². The number of nitriles is 1. The molecule has 0 aromatic heterocycles. The molecule has 1 aromatic rings. The fourth-order valence-electron chi connectivity index (χ4n) is 1.11. The second-order valence-electron chi connectivity index (χ2n) is 3.18. The lowest BCUT2D eigenvalue weighted by Crippen LogP contribution is -2.22. The molecule has 0 aliphatic rings. The van der Waals surface area contributed by atoms with Gasteiger partial charge in [0.15, 0.2) is 11.6 Å². The molecule has 1 rings (SSSR count). The molecule has 86 valence electrons. The van der Waals surface area contributed by atoms with E-state index in [-0.39, 0.29) is 24.5 Å². The van der Waals surface area contributed by atoms with Gasteiger partial charge in [0.05, 0.1) is 18.2 Å². The van der Waals surface area contributed by atoms with Gasteiger partial charge in [0.25, 0.3) is 0 Å². The van der Waals surface area contributed by atoms with Crippen molar-refractivity contribution in [3.63, 3.8) is 0 Å². The zero-order valence-corrected chi connectivity index (χ0v) is 8.81. The highest BCUT2D eigenvalue weighted by molar-refractivity contribution is 5.35. The van der Waals surface area contributed by atoms with Gasteiger partial charge in [0, 0.05) is 7.11 Å². The van der Waals surface area contributed by atoms with Gasteiger partial charge in [-0.15, -0.1) is 0 Å². The Bertz CT molecular complexity index is 389. The number of nitrogens with zero attached hydrogens (tertiary/aromatic N) is 1. The number of methoxy groups -OCH3 is 1. The van der Waals surface area contributed by atoms with Crippen molar-refractivity contribution in [1.29, 1.82) is 5.26 Å². The molecule has 1 N–H and O–H groups in total. The highest BCUT2D eigenvalue weighted by atomic mass is 19.1. The lowest BCUT2D eigenvalue weighted by molar-refractivity contribution is 0.0316. The molecule has 1 aromatic carbocycles. The van der Waals surface area contributed by atoms with E-state index in [1.807, 2.05) is 6.07 Å². The van der Waals surface area contributed by atoms with Crippen LogP contribution in [0.5, 0.6) is 5.75 Å². The molecule has 0 saturated carbocycles. The maximum Gasteiger partial charge on any atom is 0.166 e. The first-order chi connectivity index (χ1) is 7.67. The van der Waals surface area contributed by atoms with Crippen LogP contribution >= 0.6 is 0 Å². The number of rotatable bonds is 5. The Morgan fingerprint density at radius 1 is 1.50 bits per heavy atom. The number of benzene rings is 1. The van der Waals surface area contributed by atoms with Crippen molar-refractivity contribution >= 4 is 0 Å². The lowest BCUT2D eigenvalue weighted by atomic mass is 10.2. The molecule has 0 amide bonds. The summed E-state index contributed by atoms with van der Waals surface area (Å²) in [7, 11) is 1.45. The Morgan fingerprint density at radius 3 is 2.81 bits per heavy atom. The van der Waals surface area contributed by atoms with Crippen LogP contribution in [-0.4, -0.2) is 31.5 Å². The van der Waals surface area contributed by atoms with Gasteiger partial charge in [-0.1, -0.05) is 0 Å². The van der Waals surface area contributed by atoms with Gasteiger partial charge in [-0.3, -0.25) is 0 Å². The Balaban J connectivity index is 2.58. The molecule has 1 atom stereocenters. The van der Waals surface area contributed by atoms with E-state index in [1.54, 1.807) is 0 Å². The van der Waals surface area contributed by atoms with Crippen molar-refractivity contribution in [1.82, 2.24) is 0 Å². The molecule has 16 heavy (non-hydrogen) atoms.